The number of nitrogens with two attached hydrogens (primary N) is 1. The Kier molecular flexibility index (Phi) is 4.06. The SMILES string of the molecule is COS(=O)(=O)c1ccc(C)c(C2CC(=O)N2c2ccc(N)cc2)c1. The van der Waals surface area contributed by atoms with Gasteiger partial charge in [-0.1, -0.05) is 6.07 Å². The normalized spacial score (nSPS) is 17.7. The summed E-state index contributed by atoms with van der Waals surface area (Å²) in [5.41, 5.74) is 8.76. The summed E-state index contributed by atoms with van der Waals surface area (Å²) >= 11 is 0. The first-order valence-corrected chi connectivity index (χ1v) is 8.83. The Bertz CT molecular complexity index is 891. The topological polar surface area (TPSA) is 89.7 Å². The number of carbonyl (C=O) groups excluding carboxylic acids is 1. The van der Waals surface area contributed by atoms with Crippen molar-refractivity contribution in [2.75, 3.05) is 17.7 Å². The van der Waals surface area contributed by atoms with Crippen molar-refractivity contribution < 1.29 is 17.4 Å². The van der Waals surface area contributed by atoms with E-state index in [9.17, 15) is 13.2 Å². The van der Waals surface area contributed by atoms with E-state index in [-0.39, 0.29) is 16.8 Å². The lowest BCUT2D eigenvalue weighted by atomic mass is 9.90. The van der Waals surface area contributed by atoms with Crippen LogP contribution in [0.15, 0.2) is 47.4 Å². The second-order valence-electron chi connectivity index (χ2n) is 5.71. The lowest BCUT2D eigenvalue weighted by Crippen LogP contribution is -2.46. The third kappa shape index (κ3) is 2.76. The van der Waals surface area contributed by atoms with Crippen molar-refractivity contribution in [3.05, 3.63) is 53.6 Å². The number of rotatable bonds is 4. The van der Waals surface area contributed by atoms with Gasteiger partial charge in [0.05, 0.1) is 24.5 Å². The van der Waals surface area contributed by atoms with E-state index < -0.39 is 10.1 Å². The maximum Gasteiger partial charge on any atom is 0.296 e. The van der Waals surface area contributed by atoms with Gasteiger partial charge in [-0.3, -0.25) is 8.98 Å². The lowest BCUT2D eigenvalue weighted by Gasteiger charge is -2.41. The van der Waals surface area contributed by atoms with Crippen LogP contribution in [0.2, 0.25) is 0 Å². The second kappa shape index (κ2) is 5.92. The highest BCUT2D eigenvalue weighted by atomic mass is 32.2. The maximum absolute atomic E-state index is 12.1. The summed E-state index contributed by atoms with van der Waals surface area (Å²) in [5.74, 6) is -0.0100. The van der Waals surface area contributed by atoms with Crippen LogP contribution in [0.1, 0.15) is 23.6 Å². The van der Waals surface area contributed by atoms with E-state index in [2.05, 4.69) is 4.18 Å². The summed E-state index contributed by atoms with van der Waals surface area (Å²) in [5, 5.41) is 0. The van der Waals surface area contributed by atoms with Gasteiger partial charge in [0.15, 0.2) is 0 Å². The van der Waals surface area contributed by atoms with E-state index in [1.165, 1.54) is 6.07 Å². The van der Waals surface area contributed by atoms with Crippen molar-refractivity contribution >= 4 is 27.4 Å². The number of carbonyl (C=O) groups is 1. The first-order chi connectivity index (χ1) is 11.3. The molecule has 0 spiro atoms. The Morgan fingerprint density at radius 3 is 2.42 bits per heavy atom. The fourth-order valence-corrected chi connectivity index (χ4v) is 3.55. The fraction of sp³-hybridized carbons (Fsp3) is 0.235. The summed E-state index contributed by atoms with van der Waals surface area (Å²) in [6, 6.07) is 11.6. The molecule has 1 heterocycles. The van der Waals surface area contributed by atoms with Crippen molar-refractivity contribution in [1.29, 1.82) is 0 Å². The molecule has 1 atom stereocenters. The van der Waals surface area contributed by atoms with Gasteiger partial charge in [0.2, 0.25) is 5.91 Å². The van der Waals surface area contributed by atoms with Gasteiger partial charge in [0, 0.05) is 11.4 Å². The first-order valence-electron chi connectivity index (χ1n) is 7.42. The summed E-state index contributed by atoms with van der Waals surface area (Å²) < 4.78 is 28.4. The van der Waals surface area contributed by atoms with E-state index in [1.807, 2.05) is 6.92 Å². The van der Waals surface area contributed by atoms with E-state index >= 15 is 0 Å². The summed E-state index contributed by atoms with van der Waals surface area (Å²) in [6.45, 7) is 1.89. The monoisotopic (exact) mass is 346 g/mol. The van der Waals surface area contributed by atoms with Gasteiger partial charge in [-0.15, -0.1) is 0 Å². The van der Waals surface area contributed by atoms with Crippen molar-refractivity contribution in [3.63, 3.8) is 0 Å². The molecular formula is C17H18N2O4S. The van der Waals surface area contributed by atoms with E-state index in [1.54, 1.807) is 41.3 Å². The fourth-order valence-electron chi connectivity index (χ4n) is 2.85. The molecule has 0 radical (unpaired) electrons. The minimum absolute atomic E-state index is 0.0100. The summed E-state index contributed by atoms with van der Waals surface area (Å²) in [6.07, 6.45) is 0.335. The molecular weight excluding hydrogens is 328 g/mol. The van der Waals surface area contributed by atoms with Gasteiger partial charge < -0.3 is 10.6 Å². The highest BCUT2D eigenvalue weighted by Crippen LogP contribution is 2.40. The molecule has 1 aliphatic rings. The molecule has 1 fully saturated rings. The van der Waals surface area contributed by atoms with E-state index in [4.69, 9.17) is 5.73 Å². The molecule has 2 N–H and O–H groups in total. The molecule has 1 aliphatic heterocycles. The molecule has 2 aromatic rings. The molecule has 7 heteroatoms. The van der Waals surface area contributed by atoms with Crippen LogP contribution < -0.4 is 10.6 Å². The highest BCUT2D eigenvalue weighted by Gasteiger charge is 2.39. The number of nitrogen functional groups attached to an aromatic ring is 1. The number of hydrogen-bond donors (Lipinski definition) is 1. The van der Waals surface area contributed by atoms with Gasteiger partial charge in [-0.25, -0.2) is 0 Å². The van der Waals surface area contributed by atoms with Crippen LogP contribution in [-0.4, -0.2) is 21.4 Å². The predicted octanol–water partition coefficient (Wildman–Crippen LogP) is 2.39. The molecule has 24 heavy (non-hydrogen) atoms. The molecule has 0 aliphatic carbocycles. The van der Waals surface area contributed by atoms with Crippen LogP contribution >= 0.6 is 0 Å². The van der Waals surface area contributed by atoms with Crippen LogP contribution in [0.3, 0.4) is 0 Å². The second-order valence-corrected chi connectivity index (χ2v) is 7.43. The Morgan fingerprint density at radius 2 is 1.83 bits per heavy atom. The first kappa shape index (κ1) is 16.5. The highest BCUT2D eigenvalue weighted by molar-refractivity contribution is 7.86. The number of aryl methyl sites for hydroxylation is 1. The van der Waals surface area contributed by atoms with Gasteiger partial charge in [0.1, 0.15) is 0 Å². The van der Waals surface area contributed by atoms with Crippen molar-refractivity contribution in [1.82, 2.24) is 0 Å². The molecule has 126 valence electrons. The molecule has 0 saturated carbocycles. The minimum Gasteiger partial charge on any atom is -0.399 e. The van der Waals surface area contributed by atoms with Gasteiger partial charge in [-0.05, 0) is 54.4 Å². The zero-order valence-electron chi connectivity index (χ0n) is 13.4. The molecule has 6 nitrogen and oxygen atoms in total. The number of anilines is 2. The van der Waals surface area contributed by atoms with Crippen LogP contribution in [0.25, 0.3) is 0 Å². The van der Waals surface area contributed by atoms with Gasteiger partial charge in [-0.2, -0.15) is 8.42 Å². The number of nitrogens with zero attached hydrogens (tertiary/aromatic N) is 1. The molecule has 1 unspecified atom stereocenters. The van der Waals surface area contributed by atoms with Crippen LogP contribution in [0.5, 0.6) is 0 Å². The number of benzene rings is 2. The standard InChI is InChI=1S/C17H18N2O4S/c1-11-3-8-14(24(21,22)23-2)9-15(11)16-10-17(20)19(16)13-6-4-12(18)5-7-13/h3-9,16H,10,18H2,1-2H3. The van der Waals surface area contributed by atoms with E-state index in [0.29, 0.717) is 12.1 Å². The minimum atomic E-state index is -3.78. The molecule has 2 aromatic carbocycles. The molecule has 3 rings (SSSR count). The maximum atomic E-state index is 12.1. The lowest BCUT2D eigenvalue weighted by molar-refractivity contribution is -0.124. The van der Waals surface area contributed by atoms with Crippen LogP contribution in [-0.2, 0) is 19.1 Å². The third-order valence-electron chi connectivity index (χ3n) is 4.24. The Labute approximate surface area is 141 Å². The Balaban J connectivity index is 2.01. The number of hydrogen-bond acceptors (Lipinski definition) is 5. The third-order valence-corrected chi connectivity index (χ3v) is 5.51. The van der Waals surface area contributed by atoms with Gasteiger partial charge in [0.25, 0.3) is 10.1 Å². The molecule has 0 aromatic heterocycles. The molecule has 1 amide bonds. The molecule has 1 saturated heterocycles. The quantitative estimate of drug-likeness (QED) is 0.521. The summed E-state index contributed by atoms with van der Waals surface area (Å²) in [7, 11) is -2.65. The number of amides is 1. The van der Waals surface area contributed by atoms with Crippen LogP contribution in [0.4, 0.5) is 11.4 Å². The average molecular weight is 346 g/mol. The zero-order valence-corrected chi connectivity index (χ0v) is 14.2. The largest absolute Gasteiger partial charge is 0.399 e. The van der Waals surface area contributed by atoms with Crippen molar-refractivity contribution in [2.45, 2.75) is 24.3 Å². The van der Waals surface area contributed by atoms with Crippen molar-refractivity contribution in [2.24, 2.45) is 0 Å². The zero-order chi connectivity index (χ0) is 17.5. The Morgan fingerprint density at radius 1 is 1.17 bits per heavy atom. The van der Waals surface area contributed by atoms with Crippen molar-refractivity contribution in [3.8, 4) is 0 Å². The molecule has 0 bridgehead atoms. The average Bonchev–Trinajstić information content (AvgIpc) is 2.55. The van der Waals surface area contributed by atoms with Crippen LogP contribution in [0, 0.1) is 6.92 Å². The van der Waals surface area contributed by atoms with Gasteiger partial charge >= 0.3 is 0 Å². The van der Waals surface area contributed by atoms with E-state index in [0.717, 1.165) is 23.9 Å². The number of β-lactam (4-membered cyclic amide) rings is 1. The smallest absolute Gasteiger partial charge is 0.296 e. The Hall–Kier alpha value is -2.38. The summed E-state index contributed by atoms with van der Waals surface area (Å²) in [4.78, 5) is 13.8. The predicted molar refractivity (Wildman–Crippen MR) is 91.1 cm³/mol.